The predicted octanol–water partition coefficient (Wildman–Crippen LogP) is 0.177. The maximum atomic E-state index is 11.3. The van der Waals surface area contributed by atoms with Crippen LogP contribution in [0, 0.1) is 0 Å². The zero-order chi connectivity index (χ0) is 17.3. The highest BCUT2D eigenvalue weighted by Gasteiger charge is 2.32. The molecule has 1 aliphatic heterocycles. The highest BCUT2D eigenvalue weighted by molar-refractivity contribution is 5.99. The van der Waals surface area contributed by atoms with Gasteiger partial charge in [0.25, 0.3) is 0 Å². The van der Waals surface area contributed by atoms with Gasteiger partial charge in [-0.3, -0.25) is 9.79 Å². The Morgan fingerprint density at radius 3 is 2.88 bits per heavy atom. The van der Waals surface area contributed by atoms with E-state index in [0.29, 0.717) is 41.0 Å². The molecule has 9 heteroatoms. The largest absolute Gasteiger partial charge is 0.398 e. The Morgan fingerprint density at radius 2 is 2.21 bits per heavy atom. The molecule has 0 spiro atoms. The lowest BCUT2D eigenvalue weighted by atomic mass is 10.1. The molecule has 1 saturated heterocycles. The molecule has 9 nitrogen and oxygen atoms in total. The number of carbonyl (C=O) groups excluding carboxylic acids is 1. The minimum atomic E-state index is -0.602. The summed E-state index contributed by atoms with van der Waals surface area (Å²) in [6.45, 7) is 0. The smallest absolute Gasteiger partial charge is 0.246 e. The van der Waals surface area contributed by atoms with E-state index in [2.05, 4.69) is 15.0 Å². The van der Waals surface area contributed by atoms with Crippen LogP contribution >= 0.6 is 0 Å². The van der Waals surface area contributed by atoms with Crippen molar-refractivity contribution in [2.45, 2.75) is 25.2 Å². The van der Waals surface area contributed by atoms with Crippen molar-refractivity contribution in [3.05, 3.63) is 24.2 Å². The first-order valence-corrected chi connectivity index (χ1v) is 7.47. The van der Waals surface area contributed by atoms with E-state index in [4.69, 9.17) is 21.9 Å². The quantitative estimate of drug-likeness (QED) is 0.681. The van der Waals surface area contributed by atoms with Crippen molar-refractivity contribution in [2.24, 2.45) is 16.5 Å². The summed E-state index contributed by atoms with van der Waals surface area (Å²) in [5.74, 6) is -0.148. The topological polar surface area (TPSA) is 147 Å². The van der Waals surface area contributed by atoms with E-state index in [1.54, 1.807) is 25.5 Å². The van der Waals surface area contributed by atoms with Gasteiger partial charge in [-0.25, -0.2) is 9.97 Å². The summed E-state index contributed by atoms with van der Waals surface area (Å²) in [5, 5.41) is 0.641. The Labute approximate surface area is 138 Å². The van der Waals surface area contributed by atoms with Gasteiger partial charge in [0.05, 0.1) is 5.39 Å². The van der Waals surface area contributed by atoms with Crippen LogP contribution in [0.15, 0.2) is 23.6 Å². The van der Waals surface area contributed by atoms with Crippen LogP contribution in [0.5, 0.6) is 0 Å². The normalized spacial score (nSPS) is 21.8. The summed E-state index contributed by atoms with van der Waals surface area (Å²) < 4.78 is 7.55. The molecular weight excluding hydrogens is 310 g/mol. The molecule has 3 rings (SSSR count). The van der Waals surface area contributed by atoms with Crippen molar-refractivity contribution in [3.63, 3.8) is 0 Å². The zero-order valence-corrected chi connectivity index (χ0v) is 13.2. The van der Waals surface area contributed by atoms with E-state index >= 15 is 0 Å². The Morgan fingerprint density at radius 1 is 1.42 bits per heavy atom. The molecule has 2 aromatic heterocycles. The summed E-state index contributed by atoms with van der Waals surface area (Å²) >= 11 is 0. The molecule has 2 unspecified atom stereocenters. The van der Waals surface area contributed by atoms with Gasteiger partial charge in [-0.15, -0.1) is 0 Å². The zero-order valence-electron chi connectivity index (χ0n) is 13.2. The number of carbonyl (C=O) groups is 1. The second-order valence-electron chi connectivity index (χ2n) is 5.50. The summed E-state index contributed by atoms with van der Waals surface area (Å²) in [4.78, 5) is 23.6. The molecule has 0 aromatic carbocycles. The molecule has 3 heterocycles. The van der Waals surface area contributed by atoms with Crippen LogP contribution in [0.4, 0.5) is 5.82 Å². The fraction of sp³-hybridized carbons (Fsp3) is 0.333. The summed E-state index contributed by atoms with van der Waals surface area (Å²) in [6.07, 6.45) is 6.69. The molecule has 1 fully saturated rings. The number of rotatable bonds is 4. The molecular formula is C15H19N7O2. The van der Waals surface area contributed by atoms with Gasteiger partial charge >= 0.3 is 0 Å². The number of aliphatic imine (C=N–C) groups is 1. The third-order valence-corrected chi connectivity index (χ3v) is 3.98. The molecule has 2 atom stereocenters. The Kier molecular flexibility index (Phi) is 4.17. The first-order chi connectivity index (χ1) is 11.5. The van der Waals surface area contributed by atoms with Gasteiger partial charge in [-0.2, -0.15) is 0 Å². The van der Waals surface area contributed by atoms with Gasteiger partial charge < -0.3 is 26.5 Å². The van der Waals surface area contributed by atoms with Crippen LogP contribution in [0.3, 0.4) is 0 Å². The van der Waals surface area contributed by atoms with E-state index in [-0.39, 0.29) is 6.23 Å². The van der Waals surface area contributed by atoms with E-state index in [0.717, 1.165) is 0 Å². The highest BCUT2D eigenvalue weighted by atomic mass is 16.5. The van der Waals surface area contributed by atoms with Crippen molar-refractivity contribution < 1.29 is 9.53 Å². The van der Waals surface area contributed by atoms with E-state index < -0.39 is 12.0 Å². The van der Waals surface area contributed by atoms with Gasteiger partial charge in [0.2, 0.25) is 5.91 Å². The van der Waals surface area contributed by atoms with Gasteiger partial charge in [0.1, 0.15) is 30.1 Å². The van der Waals surface area contributed by atoms with Crippen LogP contribution in [0.25, 0.3) is 16.7 Å². The summed E-state index contributed by atoms with van der Waals surface area (Å²) in [5.41, 5.74) is 19.2. The minimum Gasteiger partial charge on any atom is -0.398 e. The number of aromatic nitrogens is 3. The number of nitrogens with two attached hydrogens (primary N) is 3. The average Bonchev–Trinajstić information content (AvgIpc) is 3.17. The third-order valence-electron chi connectivity index (χ3n) is 3.98. The Hall–Kier alpha value is -2.94. The van der Waals surface area contributed by atoms with Crippen LogP contribution in [0.1, 0.15) is 24.6 Å². The van der Waals surface area contributed by atoms with Gasteiger partial charge in [-0.1, -0.05) is 0 Å². The Balaban J connectivity index is 2.10. The number of hydrogen-bond acceptors (Lipinski definition) is 7. The third kappa shape index (κ3) is 2.69. The second kappa shape index (κ2) is 6.28. The lowest BCUT2D eigenvalue weighted by Crippen LogP contribution is -2.28. The second-order valence-corrected chi connectivity index (χ2v) is 5.50. The molecule has 126 valence electrons. The SMILES string of the molecule is CN=CC=C(N)c1cn(C2CCC(C(N)=O)O2)c2ncnc(N)c12. The number of nitrogen functional groups attached to an aromatic ring is 1. The fourth-order valence-corrected chi connectivity index (χ4v) is 2.83. The first-order valence-electron chi connectivity index (χ1n) is 7.47. The van der Waals surface area contributed by atoms with E-state index in [1.165, 1.54) is 6.33 Å². The predicted molar refractivity (Wildman–Crippen MR) is 90.9 cm³/mol. The maximum absolute atomic E-state index is 11.3. The molecule has 6 N–H and O–H groups in total. The summed E-state index contributed by atoms with van der Waals surface area (Å²) in [7, 11) is 1.65. The minimum absolute atomic E-state index is 0.322. The van der Waals surface area contributed by atoms with Crippen LogP contribution in [-0.2, 0) is 9.53 Å². The molecule has 24 heavy (non-hydrogen) atoms. The van der Waals surface area contributed by atoms with Gasteiger partial charge in [0, 0.05) is 30.7 Å². The molecule has 0 aliphatic carbocycles. The van der Waals surface area contributed by atoms with Crippen molar-refractivity contribution in [2.75, 3.05) is 12.8 Å². The summed E-state index contributed by atoms with van der Waals surface area (Å²) in [6, 6.07) is 0. The number of nitrogens with zero attached hydrogens (tertiary/aromatic N) is 4. The van der Waals surface area contributed by atoms with Crippen LogP contribution in [-0.4, -0.2) is 39.8 Å². The maximum Gasteiger partial charge on any atom is 0.246 e. The van der Waals surface area contributed by atoms with Crippen molar-refractivity contribution in [1.29, 1.82) is 0 Å². The monoisotopic (exact) mass is 329 g/mol. The van der Waals surface area contributed by atoms with Gasteiger partial charge in [0.15, 0.2) is 0 Å². The van der Waals surface area contributed by atoms with Gasteiger partial charge in [-0.05, 0) is 18.9 Å². The molecule has 0 bridgehead atoms. The van der Waals surface area contributed by atoms with Crippen LogP contribution in [0.2, 0.25) is 0 Å². The van der Waals surface area contributed by atoms with E-state index in [1.807, 2.05) is 4.57 Å². The molecule has 0 radical (unpaired) electrons. The molecule has 1 aliphatic rings. The average molecular weight is 329 g/mol. The fourth-order valence-electron chi connectivity index (χ4n) is 2.83. The number of primary amides is 1. The molecule has 2 aromatic rings. The number of anilines is 1. The van der Waals surface area contributed by atoms with Crippen LogP contribution < -0.4 is 17.2 Å². The lowest BCUT2D eigenvalue weighted by Gasteiger charge is -2.14. The molecule has 1 amide bonds. The standard InChI is InChI=1S/C15H19N7O2/c1-19-5-4-9(16)8-6-22(11-3-2-10(24-11)14(18)23)15-12(8)13(17)20-7-21-15/h4-7,10-11H,2-3,16H2,1H3,(H2,18,23)(H2,17,20,21). The number of allylic oxidation sites excluding steroid dienone is 1. The number of amides is 1. The number of ether oxygens (including phenoxy) is 1. The molecule has 0 saturated carbocycles. The van der Waals surface area contributed by atoms with Crippen molar-refractivity contribution in [3.8, 4) is 0 Å². The van der Waals surface area contributed by atoms with Crippen molar-refractivity contribution in [1.82, 2.24) is 14.5 Å². The highest BCUT2D eigenvalue weighted by Crippen LogP contribution is 2.35. The van der Waals surface area contributed by atoms with E-state index in [9.17, 15) is 4.79 Å². The van der Waals surface area contributed by atoms with Crippen molar-refractivity contribution >= 4 is 34.7 Å². The lowest BCUT2D eigenvalue weighted by molar-refractivity contribution is -0.130. The number of hydrogen-bond donors (Lipinski definition) is 3. The number of fused-ring (bicyclic) bond motifs is 1. The Bertz CT molecular complexity index is 840. The first kappa shape index (κ1) is 15.9.